The van der Waals surface area contributed by atoms with Crippen LogP contribution in [0.5, 0.6) is 0 Å². The fourth-order valence-electron chi connectivity index (χ4n) is 2.65. The van der Waals surface area contributed by atoms with Gasteiger partial charge in [0.15, 0.2) is 0 Å². The van der Waals surface area contributed by atoms with Crippen molar-refractivity contribution < 1.29 is 10.0 Å². The Bertz CT molecular complexity index is 646. The van der Waals surface area contributed by atoms with Crippen LogP contribution in [0, 0.1) is 10.1 Å². The zero-order valence-corrected chi connectivity index (χ0v) is 10.9. The molecule has 7 heteroatoms. The first kappa shape index (κ1) is 12.9. The maximum Gasteiger partial charge on any atom is 0.271 e. The lowest BCUT2D eigenvalue weighted by atomic mass is 10.0. The Hall–Kier alpha value is -2.15. The predicted octanol–water partition coefficient (Wildman–Crippen LogP) is 2.19. The van der Waals surface area contributed by atoms with Crippen LogP contribution in [0.4, 0.5) is 11.6 Å². The van der Waals surface area contributed by atoms with Gasteiger partial charge in [-0.15, -0.1) is 0 Å². The lowest BCUT2D eigenvalue weighted by Gasteiger charge is -2.21. The number of anilines is 1. The minimum atomic E-state index is -0.662. The monoisotopic (exact) mass is 276 g/mol. The number of aromatic nitrogens is 2. The summed E-state index contributed by atoms with van der Waals surface area (Å²) in [5, 5.41) is 24.0. The Kier molecular flexibility index (Phi) is 3.06. The Balaban J connectivity index is 1.77. The first-order chi connectivity index (χ1) is 9.56. The summed E-state index contributed by atoms with van der Waals surface area (Å²) in [6.45, 7) is 0.439. The maximum atomic E-state index is 10.7. The number of imidazole rings is 1. The Labute approximate surface area is 115 Å². The number of hydrogen-bond donors (Lipinski definition) is 3. The zero-order chi connectivity index (χ0) is 14.2. The molecule has 1 aliphatic carbocycles. The van der Waals surface area contributed by atoms with Crippen LogP contribution < -0.4 is 5.32 Å². The van der Waals surface area contributed by atoms with E-state index in [2.05, 4.69) is 15.3 Å². The van der Waals surface area contributed by atoms with Crippen LogP contribution in [0.1, 0.15) is 25.7 Å². The number of aromatic amines is 1. The quantitative estimate of drug-likeness (QED) is 0.586. The van der Waals surface area contributed by atoms with Gasteiger partial charge in [-0.05, 0) is 18.9 Å². The van der Waals surface area contributed by atoms with Gasteiger partial charge in [-0.25, -0.2) is 4.98 Å². The van der Waals surface area contributed by atoms with E-state index in [4.69, 9.17) is 0 Å². The van der Waals surface area contributed by atoms with E-state index in [1.54, 1.807) is 6.07 Å². The van der Waals surface area contributed by atoms with Crippen molar-refractivity contribution in [2.45, 2.75) is 31.3 Å². The summed E-state index contributed by atoms with van der Waals surface area (Å²) in [7, 11) is 0. The van der Waals surface area contributed by atoms with E-state index >= 15 is 0 Å². The van der Waals surface area contributed by atoms with Crippen molar-refractivity contribution in [1.82, 2.24) is 9.97 Å². The largest absolute Gasteiger partial charge is 0.388 e. The van der Waals surface area contributed by atoms with E-state index in [1.165, 1.54) is 12.1 Å². The number of fused-ring (bicyclic) bond motifs is 1. The first-order valence-corrected chi connectivity index (χ1v) is 6.66. The van der Waals surface area contributed by atoms with Gasteiger partial charge in [0.2, 0.25) is 5.95 Å². The third-order valence-corrected chi connectivity index (χ3v) is 3.80. The van der Waals surface area contributed by atoms with Crippen LogP contribution in [0.15, 0.2) is 18.2 Å². The minimum absolute atomic E-state index is 0.0297. The molecule has 1 saturated carbocycles. The molecule has 1 aromatic carbocycles. The summed E-state index contributed by atoms with van der Waals surface area (Å²) in [5.41, 5.74) is 0.643. The second-order valence-electron chi connectivity index (χ2n) is 5.33. The number of benzene rings is 1. The van der Waals surface area contributed by atoms with Crippen LogP contribution in [-0.4, -0.2) is 32.1 Å². The van der Waals surface area contributed by atoms with Crippen molar-refractivity contribution in [1.29, 1.82) is 0 Å². The molecular formula is C13H16N4O3. The second kappa shape index (κ2) is 4.75. The summed E-state index contributed by atoms with van der Waals surface area (Å²) in [4.78, 5) is 17.6. The zero-order valence-electron chi connectivity index (χ0n) is 10.9. The smallest absolute Gasteiger partial charge is 0.271 e. The van der Waals surface area contributed by atoms with Gasteiger partial charge in [0.05, 0.1) is 21.6 Å². The second-order valence-corrected chi connectivity index (χ2v) is 5.33. The molecule has 0 radical (unpaired) electrons. The summed E-state index contributed by atoms with van der Waals surface area (Å²) >= 11 is 0. The van der Waals surface area contributed by atoms with Gasteiger partial charge < -0.3 is 15.4 Å². The number of nitrogens with zero attached hydrogens (tertiary/aromatic N) is 2. The third kappa shape index (κ3) is 2.44. The van der Waals surface area contributed by atoms with E-state index in [-0.39, 0.29) is 5.69 Å². The summed E-state index contributed by atoms with van der Waals surface area (Å²) in [5.74, 6) is 0.529. The average molecular weight is 276 g/mol. The topological polar surface area (TPSA) is 104 Å². The summed E-state index contributed by atoms with van der Waals surface area (Å²) < 4.78 is 0. The lowest BCUT2D eigenvalue weighted by molar-refractivity contribution is -0.384. The van der Waals surface area contributed by atoms with Gasteiger partial charge in [-0.2, -0.15) is 0 Å². The molecule has 1 fully saturated rings. The molecule has 1 heterocycles. The molecular weight excluding hydrogens is 260 g/mol. The SMILES string of the molecule is O=[N+]([O-])c1ccc2nc(NCC3(O)CCCC3)[nH]c2c1. The standard InChI is InChI=1S/C13H16N4O3/c18-13(5-1-2-6-13)8-14-12-15-10-4-3-9(17(19)20)7-11(10)16-12/h3-4,7,18H,1-2,5-6,8H2,(H2,14,15,16). The lowest BCUT2D eigenvalue weighted by Crippen LogP contribution is -2.33. The molecule has 3 N–H and O–H groups in total. The number of nitrogens with one attached hydrogen (secondary N) is 2. The summed E-state index contributed by atoms with van der Waals surface area (Å²) in [6, 6.07) is 4.49. The van der Waals surface area contributed by atoms with Gasteiger partial charge in [0.1, 0.15) is 0 Å². The van der Waals surface area contributed by atoms with Gasteiger partial charge >= 0.3 is 0 Å². The van der Waals surface area contributed by atoms with Crippen molar-refractivity contribution in [2.75, 3.05) is 11.9 Å². The molecule has 1 aromatic heterocycles. The van der Waals surface area contributed by atoms with Crippen molar-refractivity contribution in [3.63, 3.8) is 0 Å². The number of aliphatic hydroxyl groups is 1. The molecule has 0 atom stereocenters. The van der Waals surface area contributed by atoms with Gasteiger partial charge in [0.25, 0.3) is 5.69 Å². The van der Waals surface area contributed by atoms with Gasteiger partial charge in [-0.1, -0.05) is 12.8 Å². The highest BCUT2D eigenvalue weighted by Gasteiger charge is 2.30. The van der Waals surface area contributed by atoms with Crippen molar-refractivity contribution in [3.8, 4) is 0 Å². The number of H-pyrrole nitrogens is 1. The van der Waals surface area contributed by atoms with Gasteiger partial charge in [-0.3, -0.25) is 10.1 Å². The number of nitro benzene ring substituents is 1. The highest BCUT2D eigenvalue weighted by atomic mass is 16.6. The summed E-state index contributed by atoms with van der Waals surface area (Å²) in [6.07, 6.45) is 3.69. The molecule has 3 rings (SSSR count). The van der Waals surface area contributed by atoms with E-state index in [9.17, 15) is 15.2 Å². The first-order valence-electron chi connectivity index (χ1n) is 6.66. The number of hydrogen-bond acceptors (Lipinski definition) is 5. The predicted molar refractivity (Wildman–Crippen MR) is 74.7 cm³/mol. The van der Waals surface area contributed by atoms with Crippen LogP contribution >= 0.6 is 0 Å². The highest BCUT2D eigenvalue weighted by Crippen LogP contribution is 2.29. The normalized spacial score (nSPS) is 17.4. The van der Waals surface area contributed by atoms with Crippen LogP contribution in [0.25, 0.3) is 11.0 Å². The molecule has 1 aliphatic rings. The molecule has 20 heavy (non-hydrogen) atoms. The van der Waals surface area contributed by atoms with E-state index in [0.29, 0.717) is 23.5 Å². The Morgan fingerprint density at radius 1 is 1.45 bits per heavy atom. The Morgan fingerprint density at radius 2 is 2.20 bits per heavy atom. The van der Waals surface area contributed by atoms with Gasteiger partial charge in [0, 0.05) is 18.7 Å². The molecule has 2 aromatic rings. The van der Waals surface area contributed by atoms with E-state index in [0.717, 1.165) is 25.7 Å². The third-order valence-electron chi connectivity index (χ3n) is 3.80. The number of nitro groups is 1. The number of non-ortho nitro benzene ring substituents is 1. The van der Waals surface area contributed by atoms with Crippen LogP contribution in [0.2, 0.25) is 0 Å². The van der Waals surface area contributed by atoms with E-state index in [1.807, 2.05) is 0 Å². The van der Waals surface area contributed by atoms with Crippen molar-refractivity contribution in [2.24, 2.45) is 0 Å². The molecule has 0 saturated heterocycles. The molecule has 0 amide bonds. The molecule has 0 bridgehead atoms. The fourth-order valence-corrected chi connectivity index (χ4v) is 2.65. The van der Waals surface area contributed by atoms with E-state index < -0.39 is 10.5 Å². The number of rotatable bonds is 4. The molecule has 0 spiro atoms. The van der Waals surface area contributed by atoms with Crippen molar-refractivity contribution in [3.05, 3.63) is 28.3 Å². The van der Waals surface area contributed by atoms with Crippen LogP contribution in [0.3, 0.4) is 0 Å². The molecule has 0 aliphatic heterocycles. The average Bonchev–Trinajstić information content (AvgIpc) is 3.01. The molecule has 0 unspecified atom stereocenters. The minimum Gasteiger partial charge on any atom is -0.388 e. The Morgan fingerprint density at radius 3 is 2.90 bits per heavy atom. The molecule has 7 nitrogen and oxygen atoms in total. The fraction of sp³-hybridized carbons (Fsp3) is 0.462. The maximum absolute atomic E-state index is 10.7. The molecule has 106 valence electrons. The van der Waals surface area contributed by atoms with Crippen LogP contribution in [-0.2, 0) is 0 Å². The highest BCUT2D eigenvalue weighted by molar-refractivity contribution is 5.79. The van der Waals surface area contributed by atoms with Crippen molar-refractivity contribution >= 4 is 22.7 Å².